The maximum absolute atomic E-state index is 12.4. The molecule has 0 saturated heterocycles. The van der Waals surface area contributed by atoms with Gasteiger partial charge in [-0.1, -0.05) is 31.2 Å². The van der Waals surface area contributed by atoms with E-state index in [1.165, 1.54) is 5.56 Å². The second-order valence-corrected chi connectivity index (χ2v) is 5.59. The minimum Gasteiger partial charge on any atom is -0.361 e. The summed E-state index contributed by atoms with van der Waals surface area (Å²) in [6.45, 7) is 4.13. The molecule has 0 aliphatic carbocycles. The van der Waals surface area contributed by atoms with E-state index in [9.17, 15) is 4.79 Å². The van der Waals surface area contributed by atoms with Gasteiger partial charge in [0.2, 0.25) is 5.91 Å². The van der Waals surface area contributed by atoms with Gasteiger partial charge in [0.05, 0.1) is 6.42 Å². The van der Waals surface area contributed by atoms with Gasteiger partial charge in [0.1, 0.15) is 0 Å². The quantitative estimate of drug-likeness (QED) is 0.743. The van der Waals surface area contributed by atoms with Crippen LogP contribution in [0.25, 0.3) is 10.9 Å². The van der Waals surface area contributed by atoms with Gasteiger partial charge in [-0.15, -0.1) is 0 Å². The van der Waals surface area contributed by atoms with E-state index in [-0.39, 0.29) is 5.91 Å². The SMILES string of the molecule is CCc1cccc(C)c1NC(=O)Cc1ccc2[nH]ccc2c1. The first-order valence-corrected chi connectivity index (χ1v) is 7.61. The lowest BCUT2D eigenvalue weighted by molar-refractivity contribution is -0.115. The second-order valence-electron chi connectivity index (χ2n) is 5.59. The number of aryl methyl sites for hydroxylation is 2. The normalized spacial score (nSPS) is 10.8. The van der Waals surface area contributed by atoms with Crippen molar-refractivity contribution in [1.29, 1.82) is 0 Å². The van der Waals surface area contributed by atoms with Crippen LogP contribution in [0.4, 0.5) is 5.69 Å². The molecule has 0 atom stereocenters. The van der Waals surface area contributed by atoms with E-state index in [0.717, 1.165) is 34.1 Å². The van der Waals surface area contributed by atoms with Crippen LogP contribution in [0.2, 0.25) is 0 Å². The molecule has 0 bridgehead atoms. The standard InChI is InChI=1S/C19H20N2O/c1-3-15-6-4-5-13(2)19(15)21-18(22)12-14-7-8-17-16(11-14)9-10-20-17/h4-11,20H,3,12H2,1-2H3,(H,21,22). The van der Waals surface area contributed by atoms with Gasteiger partial charge >= 0.3 is 0 Å². The second kappa shape index (κ2) is 6.06. The van der Waals surface area contributed by atoms with Crippen molar-refractivity contribution in [2.75, 3.05) is 5.32 Å². The highest BCUT2D eigenvalue weighted by molar-refractivity contribution is 5.94. The minimum atomic E-state index is 0.0267. The van der Waals surface area contributed by atoms with Crippen LogP contribution in [0, 0.1) is 6.92 Å². The predicted molar refractivity (Wildman–Crippen MR) is 91.2 cm³/mol. The first-order valence-electron chi connectivity index (χ1n) is 7.61. The molecule has 0 fully saturated rings. The average molecular weight is 292 g/mol. The average Bonchev–Trinajstić information content (AvgIpc) is 2.97. The van der Waals surface area contributed by atoms with E-state index >= 15 is 0 Å². The summed E-state index contributed by atoms with van der Waals surface area (Å²) < 4.78 is 0. The van der Waals surface area contributed by atoms with Crippen LogP contribution >= 0.6 is 0 Å². The smallest absolute Gasteiger partial charge is 0.228 e. The van der Waals surface area contributed by atoms with Crippen LogP contribution in [-0.2, 0) is 17.6 Å². The summed E-state index contributed by atoms with van der Waals surface area (Å²) in [5, 5.41) is 4.21. The van der Waals surface area contributed by atoms with Crippen molar-refractivity contribution in [2.24, 2.45) is 0 Å². The molecule has 0 spiro atoms. The molecule has 1 aromatic heterocycles. The summed E-state index contributed by atoms with van der Waals surface area (Å²) >= 11 is 0. The summed E-state index contributed by atoms with van der Waals surface area (Å²) in [5.41, 5.74) is 5.36. The number of aromatic amines is 1. The lowest BCUT2D eigenvalue weighted by Crippen LogP contribution is -2.16. The van der Waals surface area contributed by atoms with Gasteiger partial charge in [-0.05, 0) is 53.6 Å². The van der Waals surface area contributed by atoms with Crippen LogP contribution in [0.15, 0.2) is 48.7 Å². The first kappa shape index (κ1) is 14.4. The van der Waals surface area contributed by atoms with Gasteiger partial charge in [-0.3, -0.25) is 4.79 Å². The molecule has 2 N–H and O–H groups in total. The number of hydrogen-bond donors (Lipinski definition) is 2. The zero-order valence-electron chi connectivity index (χ0n) is 12.9. The number of anilines is 1. The van der Waals surface area contributed by atoms with Gasteiger partial charge < -0.3 is 10.3 Å². The number of aromatic nitrogens is 1. The molecule has 1 amide bonds. The van der Waals surface area contributed by atoms with Gasteiger partial charge in [0.25, 0.3) is 0 Å². The van der Waals surface area contributed by atoms with Crippen molar-refractivity contribution in [2.45, 2.75) is 26.7 Å². The number of carbonyl (C=O) groups is 1. The summed E-state index contributed by atoms with van der Waals surface area (Å²) in [6, 6.07) is 14.2. The number of H-pyrrole nitrogens is 1. The molecule has 0 unspecified atom stereocenters. The molecule has 0 aliphatic heterocycles. The highest BCUT2D eigenvalue weighted by Gasteiger charge is 2.09. The molecule has 2 aromatic carbocycles. The molecule has 22 heavy (non-hydrogen) atoms. The third kappa shape index (κ3) is 2.89. The molecular formula is C19H20N2O. The Morgan fingerprint density at radius 2 is 2.05 bits per heavy atom. The molecule has 3 nitrogen and oxygen atoms in total. The summed E-state index contributed by atoms with van der Waals surface area (Å²) in [7, 11) is 0. The van der Waals surface area contributed by atoms with E-state index in [1.807, 2.05) is 43.5 Å². The Labute approximate surface area is 130 Å². The molecule has 0 saturated carbocycles. The number of fused-ring (bicyclic) bond motifs is 1. The third-order valence-electron chi connectivity index (χ3n) is 3.99. The fourth-order valence-corrected chi connectivity index (χ4v) is 2.78. The number of carbonyl (C=O) groups excluding carboxylic acids is 1. The van der Waals surface area contributed by atoms with Gasteiger partial charge in [-0.2, -0.15) is 0 Å². The van der Waals surface area contributed by atoms with E-state index in [4.69, 9.17) is 0 Å². The van der Waals surface area contributed by atoms with Crippen molar-refractivity contribution in [3.05, 3.63) is 65.4 Å². The maximum atomic E-state index is 12.4. The van der Waals surface area contributed by atoms with Crippen LogP contribution in [0.1, 0.15) is 23.6 Å². The number of rotatable bonds is 4. The Balaban J connectivity index is 1.77. The fourth-order valence-electron chi connectivity index (χ4n) is 2.78. The Morgan fingerprint density at radius 3 is 2.86 bits per heavy atom. The van der Waals surface area contributed by atoms with Crippen molar-refractivity contribution in [3.63, 3.8) is 0 Å². The molecule has 3 rings (SSSR count). The van der Waals surface area contributed by atoms with Crippen molar-refractivity contribution in [3.8, 4) is 0 Å². The molecule has 112 valence electrons. The molecule has 3 heteroatoms. The Kier molecular flexibility index (Phi) is 3.96. The van der Waals surface area contributed by atoms with Gasteiger partial charge in [0.15, 0.2) is 0 Å². The molecule has 0 aliphatic rings. The zero-order valence-corrected chi connectivity index (χ0v) is 12.9. The van der Waals surface area contributed by atoms with E-state index in [1.54, 1.807) is 0 Å². The van der Waals surface area contributed by atoms with Crippen molar-refractivity contribution < 1.29 is 4.79 Å². The third-order valence-corrected chi connectivity index (χ3v) is 3.99. The Bertz CT molecular complexity index is 817. The summed E-state index contributed by atoms with van der Waals surface area (Å²) in [4.78, 5) is 15.5. The molecule has 3 aromatic rings. The number of para-hydroxylation sites is 1. The van der Waals surface area contributed by atoms with Crippen molar-refractivity contribution in [1.82, 2.24) is 4.98 Å². The topological polar surface area (TPSA) is 44.9 Å². The van der Waals surface area contributed by atoms with Crippen molar-refractivity contribution >= 4 is 22.5 Å². The minimum absolute atomic E-state index is 0.0267. The Morgan fingerprint density at radius 1 is 1.18 bits per heavy atom. The number of hydrogen-bond acceptors (Lipinski definition) is 1. The molecule has 0 radical (unpaired) electrons. The lowest BCUT2D eigenvalue weighted by Gasteiger charge is -2.13. The summed E-state index contributed by atoms with van der Waals surface area (Å²) in [6.07, 6.45) is 3.21. The van der Waals surface area contributed by atoms with E-state index in [2.05, 4.69) is 29.4 Å². The van der Waals surface area contributed by atoms with Crippen LogP contribution < -0.4 is 5.32 Å². The predicted octanol–water partition coefficient (Wildman–Crippen LogP) is 4.22. The molecule has 1 heterocycles. The maximum Gasteiger partial charge on any atom is 0.228 e. The van der Waals surface area contributed by atoms with Crippen LogP contribution in [-0.4, -0.2) is 10.9 Å². The van der Waals surface area contributed by atoms with Gasteiger partial charge in [-0.25, -0.2) is 0 Å². The van der Waals surface area contributed by atoms with Crippen LogP contribution in [0.5, 0.6) is 0 Å². The zero-order chi connectivity index (χ0) is 15.5. The van der Waals surface area contributed by atoms with Gasteiger partial charge in [0, 0.05) is 17.4 Å². The Hall–Kier alpha value is -2.55. The van der Waals surface area contributed by atoms with E-state index in [0.29, 0.717) is 6.42 Å². The highest BCUT2D eigenvalue weighted by atomic mass is 16.1. The number of benzene rings is 2. The fraction of sp³-hybridized carbons (Fsp3) is 0.211. The first-order chi connectivity index (χ1) is 10.7. The van der Waals surface area contributed by atoms with Crippen LogP contribution in [0.3, 0.4) is 0 Å². The summed E-state index contributed by atoms with van der Waals surface area (Å²) in [5.74, 6) is 0.0267. The number of amides is 1. The number of nitrogens with one attached hydrogen (secondary N) is 2. The monoisotopic (exact) mass is 292 g/mol. The molecular weight excluding hydrogens is 272 g/mol. The highest BCUT2D eigenvalue weighted by Crippen LogP contribution is 2.21. The van der Waals surface area contributed by atoms with E-state index < -0.39 is 0 Å². The lowest BCUT2D eigenvalue weighted by atomic mass is 10.0. The largest absolute Gasteiger partial charge is 0.361 e.